The van der Waals surface area contributed by atoms with E-state index in [0.717, 1.165) is 0 Å². The maximum absolute atomic E-state index is 10.7. The number of ketones is 1. The van der Waals surface area contributed by atoms with Crippen LogP contribution in [-0.2, 0) is 4.79 Å². The standard InChI is InChI=1S/C7H12O/c1-5(2)7(8)6(3)4/h6H,1H2,2-4H3. The third-order valence-electron chi connectivity index (χ3n) is 0.945. The lowest BCUT2D eigenvalue weighted by molar-refractivity contribution is -0.118. The van der Waals surface area contributed by atoms with Crippen molar-refractivity contribution in [3.63, 3.8) is 0 Å². The van der Waals surface area contributed by atoms with Crippen molar-refractivity contribution < 1.29 is 4.79 Å². The maximum atomic E-state index is 10.7. The molecule has 0 aromatic carbocycles. The summed E-state index contributed by atoms with van der Waals surface area (Å²) in [5.74, 6) is 0.262. The SMILES string of the molecule is C=C(C)C(=O)C(C)C. The van der Waals surface area contributed by atoms with Crippen LogP contribution >= 0.6 is 0 Å². The third kappa shape index (κ3) is 1.92. The second kappa shape index (κ2) is 2.65. The van der Waals surface area contributed by atoms with Crippen LogP contribution in [0, 0.1) is 5.92 Å². The highest BCUT2D eigenvalue weighted by atomic mass is 16.1. The molecule has 1 nitrogen and oxygen atoms in total. The summed E-state index contributed by atoms with van der Waals surface area (Å²) in [6.45, 7) is 9.01. The zero-order valence-electron chi connectivity index (χ0n) is 5.69. The largest absolute Gasteiger partial charge is 0.294 e. The van der Waals surface area contributed by atoms with Crippen molar-refractivity contribution in [2.45, 2.75) is 20.8 Å². The zero-order valence-corrected chi connectivity index (χ0v) is 5.69. The van der Waals surface area contributed by atoms with Gasteiger partial charge in [-0.3, -0.25) is 4.79 Å². The number of carbonyl (C=O) groups excluding carboxylic acids is 1. The van der Waals surface area contributed by atoms with E-state index in [4.69, 9.17) is 0 Å². The summed E-state index contributed by atoms with van der Waals surface area (Å²) in [4.78, 5) is 10.7. The van der Waals surface area contributed by atoms with Crippen molar-refractivity contribution in [3.05, 3.63) is 12.2 Å². The Morgan fingerprint density at radius 3 is 1.88 bits per heavy atom. The molecular weight excluding hydrogens is 100 g/mol. The fourth-order valence-corrected chi connectivity index (χ4v) is 0.493. The summed E-state index contributed by atoms with van der Waals surface area (Å²) >= 11 is 0. The first kappa shape index (κ1) is 7.41. The number of Topliss-reactive ketones (excluding diaryl/α,β-unsaturated/α-hetero) is 1. The van der Waals surface area contributed by atoms with Gasteiger partial charge in [0, 0.05) is 5.92 Å². The fraction of sp³-hybridized carbons (Fsp3) is 0.571. The summed E-state index contributed by atoms with van der Waals surface area (Å²) in [5.41, 5.74) is 0.653. The summed E-state index contributed by atoms with van der Waals surface area (Å²) in [7, 11) is 0. The van der Waals surface area contributed by atoms with E-state index in [0.29, 0.717) is 5.57 Å². The van der Waals surface area contributed by atoms with Crippen molar-refractivity contribution in [3.8, 4) is 0 Å². The van der Waals surface area contributed by atoms with Crippen molar-refractivity contribution >= 4 is 5.78 Å². The Kier molecular flexibility index (Phi) is 2.46. The molecule has 0 amide bonds. The Hall–Kier alpha value is -0.590. The molecule has 0 heterocycles. The predicted octanol–water partition coefficient (Wildman–Crippen LogP) is 1.79. The minimum Gasteiger partial charge on any atom is -0.294 e. The molecule has 0 aromatic heterocycles. The molecule has 0 saturated carbocycles. The Morgan fingerprint density at radius 2 is 1.88 bits per heavy atom. The van der Waals surface area contributed by atoms with Crippen LogP contribution in [0.25, 0.3) is 0 Å². The maximum Gasteiger partial charge on any atom is 0.160 e. The van der Waals surface area contributed by atoms with Crippen LogP contribution in [0.15, 0.2) is 12.2 Å². The van der Waals surface area contributed by atoms with Gasteiger partial charge < -0.3 is 0 Å². The van der Waals surface area contributed by atoms with E-state index < -0.39 is 0 Å². The van der Waals surface area contributed by atoms with Gasteiger partial charge in [-0.2, -0.15) is 0 Å². The highest BCUT2D eigenvalue weighted by Gasteiger charge is 2.05. The van der Waals surface area contributed by atoms with E-state index in [1.54, 1.807) is 6.92 Å². The summed E-state index contributed by atoms with van der Waals surface area (Å²) < 4.78 is 0. The van der Waals surface area contributed by atoms with Crippen molar-refractivity contribution in [2.75, 3.05) is 0 Å². The quantitative estimate of drug-likeness (QED) is 0.498. The minimum absolute atomic E-state index is 0.104. The molecule has 0 saturated heterocycles. The van der Waals surface area contributed by atoms with Gasteiger partial charge in [-0.1, -0.05) is 20.4 Å². The average Bonchev–Trinajstić information content (AvgIpc) is 1.64. The Balaban J connectivity index is 3.84. The number of allylic oxidation sites excluding steroid dienone is 1. The first-order valence-electron chi connectivity index (χ1n) is 2.75. The van der Waals surface area contributed by atoms with Crippen molar-refractivity contribution in [2.24, 2.45) is 5.92 Å². The molecule has 0 atom stereocenters. The molecule has 0 aromatic rings. The van der Waals surface area contributed by atoms with E-state index in [1.807, 2.05) is 13.8 Å². The molecule has 0 aliphatic heterocycles. The molecular formula is C7H12O. The second-order valence-corrected chi connectivity index (χ2v) is 2.30. The first-order valence-corrected chi connectivity index (χ1v) is 2.75. The molecule has 0 fully saturated rings. The number of rotatable bonds is 2. The molecule has 0 bridgehead atoms. The Bertz CT molecular complexity index is 112. The van der Waals surface area contributed by atoms with Crippen LogP contribution in [-0.4, -0.2) is 5.78 Å². The van der Waals surface area contributed by atoms with Gasteiger partial charge in [0.15, 0.2) is 5.78 Å². The number of carbonyl (C=O) groups is 1. The van der Waals surface area contributed by atoms with Gasteiger partial charge in [0.05, 0.1) is 0 Å². The van der Waals surface area contributed by atoms with Gasteiger partial charge in [0.25, 0.3) is 0 Å². The van der Waals surface area contributed by atoms with E-state index in [-0.39, 0.29) is 11.7 Å². The van der Waals surface area contributed by atoms with E-state index in [2.05, 4.69) is 6.58 Å². The number of hydrogen-bond acceptors (Lipinski definition) is 1. The molecule has 0 aliphatic rings. The molecule has 0 radical (unpaired) electrons. The van der Waals surface area contributed by atoms with Crippen LogP contribution < -0.4 is 0 Å². The van der Waals surface area contributed by atoms with Crippen molar-refractivity contribution in [1.82, 2.24) is 0 Å². The fourth-order valence-electron chi connectivity index (χ4n) is 0.493. The monoisotopic (exact) mass is 112 g/mol. The van der Waals surface area contributed by atoms with Gasteiger partial charge in [-0.25, -0.2) is 0 Å². The van der Waals surface area contributed by atoms with Gasteiger partial charge in [-0.05, 0) is 12.5 Å². The summed E-state index contributed by atoms with van der Waals surface area (Å²) in [5, 5.41) is 0. The Morgan fingerprint density at radius 1 is 1.50 bits per heavy atom. The molecule has 0 rings (SSSR count). The van der Waals surface area contributed by atoms with Gasteiger partial charge in [0.2, 0.25) is 0 Å². The number of hydrogen-bond donors (Lipinski definition) is 0. The molecule has 8 heavy (non-hydrogen) atoms. The lowest BCUT2D eigenvalue weighted by Crippen LogP contribution is -2.06. The van der Waals surface area contributed by atoms with Gasteiger partial charge in [0.1, 0.15) is 0 Å². The highest BCUT2D eigenvalue weighted by molar-refractivity contribution is 5.95. The predicted molar refractivity (Wildman–Crippen MR) is 34.7 cm³/mol. The van der Waals surface area contributed by atoms with Crippen molar-refractivity contribution in [1.29, 1.82) is 0 Å². The molecule has 0 N–H and O–H groups in total. The third-order valence-corrected chi connectivity index (χ3v) is 0.945. The van der Waals surface area contributed by atoms with E-state index in [9.17, 15) is 4.79 Å². The normalized spacial score (nSPS) is 9.50. The zero-order chi connectivity index (χ0) is 6.73. The average molecular weight is 112 g/mol. The summed E-state index contributed by atoms with van der Waals surface area (Å²) in [6, 6.07) is 0. The van der Waals surface area contributed by atoms with Crippen LogP contribution in [0.5, 0.6) is 0 Å². The molecule has 0 unspecified atom stereocenters. The van der Waals surface area contributed by atoms with Gasteiger partial charge in [-0.15, -0.1) is 0 Å². The van der Waals surface area contributed by atoms with E-state index in [1.165, 1.54) is 0 Å². The van der Waals surface area contributed by atoms with Gasteiger partial charge >= 0.3 is 0 Å². The Labute approximate surface area is 50.4 Å². The molecule has 1 heteroatoms. The van der Waals surface area contributed by atoms with E-state index >= 15 is 0 Å². The lowest BCUT2D eigenvalue weighted by atomic mass is 10.0. The summed E-state index contributed by atoms with van der Waals surface area (Å²) in [6.07, 6.45) is 0. The molecule has 46 valence electrons. The van der Waals surface area contributed by atoms with Crippen LogP contribution in [0.1, 0.15) is 20.8 Å². The first-order chi connectivity index (χ1) is 3.55. The van der Waals surface area contributed by atoms with Crippen LogP contribution in [0.2, 0.25) is 0 Å². The lowest BCUT2D eigenvalue weighted by Gasteiger charge is -1.99. The molecule has 0 aliphatic carbocycles. The molecule has 0 spiro atoms. The van der Waals surface area contributed by atoms with Crippen LogP contribution in [0.3, 0.4) is 0 Å². The highest BCUT2D eigenvalue weighted by Crippen LogP contribution is 2.00. The van der Waals surface area contributed by atoms with Crippen LogP contribution in [0.4, 0.5) is 0 Å². The smallest absolute Gasteiger partial charge is 0.160 e. The topological polar surface area (TPSA) is 17.1 Å². The second-order valence-electron chi connectivity index (χ2n) is 2.30. The minimum atomic E-state index is 0.104.